The van der Waals surface area contributed by atoms with Gasteiger partial charge in [0.25, 0.3) is 10.0 Å². The standard InChI is InChI=1S/C25H24F3N3O7S2/c1-16(31(39(2,33)34)20-8-11-22-23(15-20)38-13-12-37-22)24(32)29-18-6-9-21(10-7-18)40(35,36)30-19-5-3-4-17(14-19)25(26,27)28/h3-11,14-16,30H,12-13H2,1-2H3,(H,29,32)/t16-/m1/s1. The van der Waals surface area contributed by atoms with Crippen LogP contribution in [0.15, 0.2) is 71.6 Å². The Hall–Kier alpha value is -3.98. The number of carbonyl (C=O) groups excluding carboxylic acids is 1. The van der Waals surface area contributed by atoms with Gasteiger partial charge in [0, 0.05) is 17.4 Å². The van der Waals surface area contributed by atoms with Gasteiger partial charge in [-0.05, 0) is 61.5 Å². The number of nitrogens with one attached hydrogen (secondary N) is 2. The third kappa shape index (κ3) is 6.59. The van der Waals surface area contributed by atoms with Crippen molar-refractivity contribution in [1.82, 2.24) is 0 Å². The summed E-state index contributed by atoms with van der Waals surface area (Å²) in [5, 5.41) is 2.54. The molecule has 1 atom stereocenters. The summed E-state index contributed by atoms with van der Waals surface area (Å²) >= 11 is 0. The normalized spacial score (nSPS) is 14.2. The summed E-state index contributed by atoms with van der Waals surface area (Å²) in [6.45, 7) is 2.01. The number of hydrogen-bond acceptors (Lipinski definition) is 7. The summed E-state index contributed by atoms with van der Waals surface area (Å²) in [4.78, 5) is 12.7. The van der Waals surface area contributed by atoms with E-state index in [1.54, 1.807) is 6.07 Å². The van der Waals surface area contributed by atoms with Gasteiger partial charge in [0.05, 0.1) is 22.4 Å². The molecule has 10 nitrogen and oxygen atoms in total. The first kappa shape index (κ1) is 29.0. The molecule has 0 spiro atoms. The minimum absolute atomic E-state index is 0.158. The molecule has 40 heavy (non-hydrogen) atoms. The molecular weight excluding hydrogens is 575 g/mol. The van der Waals surface area contributed by atoms with Crippen LogP contribution in [0.4, 0.5) is 30.2 Å². The second-order valence-corrected chi connectivity index (χ2v) is 12.3. The minimum atomic E-state index is -4.65. The fraction of sp³-hybridized carbons (Fsp3) is 0.240. The Kier molecular flexibility index (Phi) is 7.90. The fourth-order valence-corrected chi connectivity index (χ4v) is 6.13. The molecule has 1 amide bonds. The zero-order valence-corrected chi connectivity index (χ0v) is 22.7. The van der Waals surface area contributed by atoms with Crippen LogP contribution >= 0.6 is 0 Å². The second-order valence-electron chi connectivity index (χ2n) is 8.76. The number of rotatable bonds is 8. The van der Waals surface area contributed by atoms with Gasteiger partial charge in [-0.25, -0.2) is 16.8 Å². The smallest absolute Gasteiger partial charge is 0.416 e. The van der Waals surface area contributed by atoms with Crippen LogP contribution in [0.3, 0.4) is 0 Å². The summed E-state index contributed by atoms with van der Waals surface area (Å²) in [6.07, 6.45) is -3.70. The quantitative estimate of drug-likeness (QED) is 0.399. The molecule has 0 saturated heterocycles. The highest BCUT2D eigenvalue weighted by Gasteiger charge is 2.32. The zero-order valence-electron chi connectivity index (χ0n) is 21.1. The lowest BCUT2D eigenvalue weighted by Gasteiger charge is -2.29. The van der Waals surface area contributed by atoms with Crippen molar-refractivity contribution in [2.45, 2.75) is 24.0 Å². The Morgan fingerprint density at radius 2 is 1.55 bits per heavy atom. The number of carbonyl (C=O) groups is 1. The number of anilines is 3. The predicted octanol–water partition coefficient (Wildman–Crippen LogP) is 4.07. The Bertz CT molecular complexity index is 1630. The molecule has 4 rings (SSSR count). The number of sulfonamides is 2. The van der Waals surface area contributed by atoms with E-state index in [0.717, 1.165) is 34.8 Å². The van der Waals surface area contributed by atoms with E-state index in [4.69, 9.17) is 9.47 Å². The van der Waals surface area contributed by atoms with Gasteiger partial charge in [0.15, 0.2) is 11.5 Å². The molecule has 1 heterocycles. The maximum atomic E-state index is 13.0. The molecule has 1 aliphatic rings. The van der Waals surface area contributed by atoms with Crippen molar-refractivity contribution >= 4 is 43.0 Å². The minimum Gasteiger partial charge on any atom is -0.486 e. The lowest BCUT2D eigenvalue weighted by molar-refractivity contribution is -0.137. The Morgan fingerprint density at radius 3 is 2.17 bits per heavy atom. The van der Waals surface area contributed by atoms with Crippen molar-refractivity contribution in [2.75, 3.05) is 33.8 Å². The molecule has 15 heteroatoms. The number of halogens is 3. The van der Waals surface area contributed by atoms with Crippen LogP contribution < -0.4 is 23.8 Å². The van der Waals surface area contributed by atoms with E-state index in [-0.39, 0.29) is 28.6 Å². The summed E-state index contributed by atoms with van der Waals surface area (Å²) in [7, 11) is -8.18. The maximum Gasteiger partial charge on any atom is 0.416 e. The highest BCUT2D eigenvalue weighted by molar-refractivity contribution is 7.92. The molecule has 0 radical (unpaired) electrons. The van der Waals surface area contributed by atoms with Gasteiger partial charge in [-0.15, -0.1) is 0 Å². The topological polar surface area (TPSA) is 131 Å². The summed E-state index contributed by atoms with van der Waals surface area (Å²) in [6, 6.07) is 11.8. The van der Waals surface area contributed by atoms with E-state index in [0.29, 0.717) is 24.2 Å². The van der Waals surface area contributed by atoms with Crippen molar-refractivity contribution in [3.8, 4) is 11.5 Å². The number of amides is 1. The van der Waals surface area contributed by atoms with Crippen molar-refractivity contribution < 1.29 is 44.3 Å². The van der Waals surface area contributed by atoms with E-state index in [2.05, 4.69) is 10.0 Å². The van der Waals surface area contributed by atoms with E-state index < -0.39 is 43.7 Å². The van der Waals surface area contributed by atoms with Crippen LogP contribution in [0.5, 0.6) is 11.5 Å². The Labute approximate surface area is 228 Å². The summed E-state index contributed by atoms with van der Waals surface area (Å²) in [5.74, 6) is 0.0664. The molecule has 0 aliphatic carbocycles. The van der Waals surface area contributed by atoms with Crippen molar-refractivity contribution in [3.05, 3.63) is 72.3 Å². The van der Waals surface area contributed by atoms with E-state index >= 15 is 0 Å². The third-order valence-corrected chi connectivity index (χ3v) is 8.38. The van der Waals surface area contributed by atoms with Gasteiger partial charge >= 0.3 is 6.18 Å². The second kappa shape index (κ2) is 10.9. The SMILES string of the molecule is C[C@H](C(=O)Nc1ccc(S(=O)(=O)Nc2cccc(C(F)(F)F)c2)cc1)N(c1ccc2c(c1)OCCO2)S(C)(=O)=O. The zero-order chi connectivity index (χ0) is 29.3. The van der Waals surface area contributed by atoms with Crippen LogP contribution in [0, 0.1) is 0 Å². The number of nitrogens with zero attached hydrogens (tertiary/aromatic N) is 1. The molecule has 0 unspecified atom stereocenters. The first-order valence-corrected chi connectivity index (χ1v) is 15.0. The van der Waals surface area contributed by atoms with Crippen LogP contribution in [0.25, 0.3) is 0 Å². The van der Waals surface area contributed by atoms with Crippen LogP contribution in [-0.4, -0.2) is 48.3 Å². The Morgan fingerprint density at radius 1 is 0.900 bits per heavy atom. The van der Waals surface area contributed by atoms with Crippen molar-refractivity contribution in [1.29, 1.82) is 0 Å². The molecule has 214 valence electrons. The highest BCUT2D eigenvalue weighted by Crippen LogP contribution is 2.36. The average Bonchev–Trinajstić information content (AvgIpc) is 2.87. The third-order valence-electron chi connectivity index (χ3n) is 5.74. The predicted molar refractivity (Wildman–Crippen MR) is 142 cm³/mol. The van der Waals surface area contributed by atoms with Gasteiger partial charge in [-0.2, -0.15) is 13.2 Å². The lowest BCUT2D eigenvalue weighted by atomic mass is 10.2. The summed E-state index contributed by atoms with van der Waals surface area (Å²) < 4.78 is 103. The largest absolute Gasteiger partial charge is 0.486 e. The monoisotopic (exact) mass is 599 g/mol. The van der Waals surface area contributed by atoms with E-state index in [1.807, 2.05) is 0 Å². The average molecular weight is 600 g/mol. The van der Waals surface area contributed by atoms with Crippen LogP contribution in [0.1, 0.15) is 12.5 Å². The molecule has 0 bridgehead atoms. The molecule has 3 aromatic carbocycles. The maximum absolute atomic E-state index is 13.0. The van der Waals surface area contributed by atoms with Crippen molar-refractivity contribution in [3.63, 3.8) is 0 Å². The van der Waals surface area contributed by atoms with Gasteiger partial charge in [-0.3, -0.25) is 13.8 Å². The number of fused-ring (bicyclic) bond motifs is 1. The van der Waals surface area contributed by atoms with Gasteiger partial charge in [0.2, 0.25) is 15.9 Å². The first-order valence-electron chi connectivity index (χ1n) is 11.7. The molecular formula is C25H24F3N3O7S2. The molecule has 0 fully saturated rings. The number of benzene rings is 3. The lowest BCUT2D eigenvalue weighted by Crippen LogP contribution is -2.45. The first-order chi connectivity index (χ1) is 18.6. The fourth-order valence-electron chi connectivity index (χ4n) is 3.92. The molecule has 3 aromatic rings. The van der Waals surface area contributed by atoms with Crippen molar-refractivity contribution in [2.24, 2.45) is 0 Å². The number of alkyl halides is 3. The molecule has 2 N–H and O–H groups in total. The summed E-state index contributed by atoms with van der Waals surface area (Å²) in [5.41, 5.74) is -0.956. The van der Waals surface area contributed by atoms with Crippen LogP contribution in [-0.2, 0) is 31.0 Å². The van der Waals surface area contributed by atoms with E-state index in [9.17, 15) is 34.8 Å². The van der Waals surface area contributed by atoms with E-state index in [1.165, 1.54) is 37.3 Å². The van der Waals surface area contributed by atoms with Gasteiger partial charge in [0.1, 0.15) is 19.3 Å². The Balaban J connectivity index is 1.49. The number of ether oxygens (including phenoxy) is 2. The number of hydrogen-bond donors (Lipinski definition) is 2. The van der Waals surface area contributed by atoms with Gasteiger partial charge < -0.3 is 14.8 Å². The molecule has 1 aliphatic heterocycles. The van der Waals surface area contributed by atoms with Gasteiger partial charge in [-0.1, -0.05) is 6.07 Å². The molecule has 0 aromatic heterocycles. The van der Waals surface area contributed by atoms with Crippen LogP contribution in [0.2, 0.25) is 0 Å². The molecule has 0 saturated carbocycles. The highest BCUT2D eigenvalue weighted by atomic mass is 32.2.